The Morgan fingerprint density at radius 1 is 1.28 bits per heavy atom. The number of aryl methyl sites for hydroxylation is 2. The fourth-order valence-electron chi connectivity index (χ4n) is 3.49. The maximum Gasteiger partial charge on any atom is 0.255 e. The summed E-state index contributed by atoms with van der Waals surface area (Å²) in [7, 11) is 1.79. The zero-order chi connectivity index (χ0) is 20.5. The maximum atomic E-state index is 12.9. The van der Waals surface area contributed by atoms with Crippen LogP contribution in [0.3, 0.4) is 0 Å². The van der Waals surface area contributed by atoms with E-state index in [1.807, 2.05) is 37.4 Å². The van der Waals surface area contributed by atoms with Gasteiger partial charge in [0.2, 0.25) is 0 Å². The summed E-state index contributed by atoms with van der Waals surface area (Å²) in [6.07, 6.45) is 3.97. The van der Waals surface area contributed by atoms with Crippen LogP contribution in [0.5, 0.6) is 0 Å². The molecule has 8 heteroatoms. The first-order chi connectivity index (χ1) is 13.9. The molecule has 0 aliphatic carbocycles. The molecule has 0 saturated carbocycles. The van der Waals surface area contributed by atoms with E-state index in [4.69, 9.17) is 0 Å². The van der Waals surface area contributed by atoms with Crippen molar-refractivity contribution in [2.24, 2.45) is 7.05 Å². The molecule has 1 atom stereocenters. The first kappa shape index (κ1) is 18.7. The average molecular weight is 390 g/mol. The molecule has 0 unspecified atom stereocenters. The van der Waals surface area contributed by atoms with Crippen LogP contribution in [0.2, 0.25) is 0 Å². The van der Waals surface area contributed by atoms with Gasteiger partial charge in [-0.3, -0.25) is 14.3 Å². The Morgan fingerprint density at radius 2 is 2.07 bits per heavy atom. The summed E-state index contributed by atoms with van der Waals surface area (Å²) in [5.74, 6) is 0.253. The van der Waals surface area contributed by atoms with E-state index in [9.17, 15) is 9.59 Å². The lowest BCUT2D eigenvalue weighted by molar-refractivity contribution is 0.0935. The molecule has 8 nitrogen and oxygen atoms in total. The van der Waals surface area contributed by atoms with Crippen molar-refractivity contribution in [3.63, 3.8) is 0 Å². The SMILES string of the molecule is Cc1nc([C@H](Cc2c[nH]c3ccccc23)NC(=O)c2cnn(C)c2C)cc(=O)[nH]1. The quantitative estimate of drug-likeness (QED) is 0.486. The summed E-state index contributed by atoms with van der Waals surface area (Å²) >= 11 is 0. The van der Waals surface area contributed by atoms with Gasteiger partial charge in [-0.2, -0.15) is 5.10 Å². The Morgan fingerprint density at radius 3 is 2.79 bits per heavy atom. The van der Waals surface area contributed by atoms with E-state index in [1.54, 1.807) is 24.9 Å². The number of H-pyrrole nitrogens is 2. The second-order valence-electron chi connectivity index (χ2n) is 7.11. The van der Waals surface area contributed by atoms with E-state index in [0.29, 0.717) is 23.5 Å². The topological polar surface area (TPSA) is 108 Å². The summed E-state index contributed by atoms with van der Waals surface area (Å²) in [5, 5.41) is 8.26. The normalized spacial score (nSPS) is 12.2. The van der Waals surface area contributed by atoms with Crippen molar-refractivity contribution < 1.29 is 4.79 Å². The highest BCUT2D eigenvalue weighted by atomic mass is 16.2. The molecule has 4 rings (SSSR count). The van der Waals surface area contributed by atoms with Gasteiger partial charge in [0, 0.05) is 42.3 Å². The van der Waals surface area contributed by atoms with Crippen LogP contribution in [-0.2, 0) is 13.5 Å². The minimum absolute atomic E-state index is 0.247. The maximum absolute atomic E-state index is 12.9. The van der Waals surface area contributed by atoms with Crippen molar-refractivity contribution in [1.82, 2.24) is 30.0 Å². The Bertz CT molecular complexity index is 1250. The second-order valence-corrected chi connectivity index (χ2v) is 7.11. The number of hydrogen-bond donors (Lipinski definition) is 3. The van der Waals surface area contributed by atoms with Crippen molar-refractivity contribution in [2.45, 2.75) is 26.3 Å². The van der Waals surface area contributed by atoms with Gasteiger partial charge < -0.3 is 15.3 Å². The van der Waals surface area contributed by atoms with Gasteiger partial charge in [0.05, 0.1) is 23.5 Å². The highest BCUT2D eigenvalue weighted by Crippen LogP contribution is 2.24. The number of carbonyl (C=O) groups is 1. The minimum atomic E-state index is -0.470. The number of amides is 1. The zero-order valence-electron chi connectivity index (χ0n) is 16.5. The Labute approximate surface area is 167 Å². The molecule has 0 radical (unpaired) electrons. The van der Waals surface area contributed by atoms with Gasteiger partial charge in [-0.05, 0) is 25.5 Å². The molecule has 0 aliphatic heterocycles. The largest absolute Gasteiger partial charge is 0.361 e. The molecule has 148 valence electrons. The molecular weight excluding hydrogens is 368 g/mol. The number of aromatic nitrogens is 5. The molecule has 4 aromatic rings. The summed E-state index contributed by atoms with van der Waals surface area (Å²) in [4.78, 5) is 35.3. The smallest absolute Gasteiger partial charge is 0.255 e. The fourth-order valence-corrected chi connectivity index (χ4v) is 3.49. The lowest BCUT2D eigenvalue weighted by Gasteiger charge is -2.18. The Kier molecular flexibility index (Phi) is 4.75. The van der Waals surface area contributed by atoms with Crippen LogP contribution in [0.1, 0.15) is 39.2 Å². The molecule has 1 amide bonds. The van der Waals surface area contributed by atoms with E-state index in [2.05, 4.69) is 25.4 Å². The van der Waals surface area contributed by atoms with Crippen LogP contribution in [0, 0.1) is 13.8 Å². The van der Waals surface area contributed by atoms with E-state index >= 15 is 0 Å². The summed E-state index contributed by atoms with van der Waals surface area (Å²) < 4.78 is 1.65. The third-order valence-electron chi connectivity index (χ3n) is 5.12. The van der Waals surface area contributed by atoms with Crippen LogP contribution in [-0.4, -0.2) is 30.6 Å². The van der Waals surface area contributed by atoms with E-state index in [1.165, 1.54) is 6.07 Å². The first-order valence-corrected chi connectivity index (χ1v) is 9.34. The van der Waals surface area contributed by atoms with Crippen LogP contribution in [0.4, 0.5) is 0 Å². The first-order valence-electron chi connectivity index (χ1n) is 9.34. The molecule has 0 saturated heterocycles. The monoisotopic (exact) mass is 390 g/mol. The van der Waals surface area contributed by atoms with Gasteiger partial charge in [-0.25, -0.2) is 4.98 Å². The highest BCUT2D eigenvalue weighted by Gasteiger charge is 2.22. The molecule has 3 heterocycles. The second kappa shape index (κ2) is 7.38. The lowest BCUT2D eigenvalue weighted by Crippen LogP contribution is -2.32. The number of rotatable bonds is 5. The van der Waals surface area contributed by atoms with Crippen LogP contribution < -0.4 is 10.9 Å². The number of fused-ring (bicyclic) bond motifs is 1. The predicted octanol–water partition coefficient (Wildman–Crippen LogP) is 2.32. The van der Waals surface area contributed by atoms with Crippen LogP contribution >= 0.6 is 0 Å². The molecule has 0 spiro atoms. The van der Waals surface area contributed by atoms with Gasteiger partial charge in [-0.15, -0.1) is 0 Å². The Hall–Kier alpha value is -3.68. The molecule has 0 fully saturated rings. The zero-order valence-corrected chi connectivity index (χ0v) is 16.5. The number of hydrogen-bond acceptors (Lipinski definition) is 4. The number of nitrogens with zero attached hydrogens (tertiary/aromatic N) is 3. The van der Waals surface area contributed by atoms with Gasteiger partial charge in [0.15, 0.2) is 0 Å². The van der Waals surface area contributed by atoms with Crippen molar-refractivity contribution in [1.29, 1.82) is 0 Å². The van der Waals surface area contributed by atoms with Gasteiger partial charge in [0.1, 0.15) is 5.82 Å². The molecule has 3 N–H and O–H groups in total. The van der Waals surface area contributed by atoms with Crippen LogP contribution in [0.25, 0.3) is 10.9 Å². The molecular formula is C21H22N6O2. The fraction of sp³-hybridized carbons (Fsp3) is 0.238. The van der Waals surface area contributed by atoms with E-state index < -0.39 is 6.04 Å². The van der Waals surface area contributed by atoms with Crippen molar-refractivity contribution >= 4 is 16.8 Å². The van der Waals surface area contributed by atoms with Crippen molar-refractivity contribution in [3.8, 4) is 0 Å². The van der Waals surface area contributed by atoms with E-state index in [0.717, 1.165) is 22.2 Å². The number of benzene rings is 1. The summed E-state index contributed by atoms with van der Waals surface area (Å²) in [6.45, 7) is 3.56. The van der Waals surface area contributed by atoms with Gasteiger partial charge in [-0.1, -0.05) is 18.2 Å². The number of nitrogens with one attached hydrogen (secondary N) is 3. The molecule has 0 bridgehead atoms. The number of aromatic amines is 2. The molecule has 3 aromatic heterocycles. The van der Waals surface area contributed by atoms with Gasteiger partial charge in [0.25, 0.3) is 11.5 Å². The Balaban J connectivity index is 1.71. The number of carbonyl (C=O) groups excluding carboxylic acids is 1. The number of para-hydroxylation sites is 1. The average Bonchev–Trinajstić information content (AvgIpc) is 3.24. The molecule has 0 aliphatic rings. The van der Waals surface area contributed by atoms with Crippen molar-refractivity contribution in [3.05, 3.63) is 81.4 Å². The third kappa shape index (κ3) is 3.69. The van der Waals surface area contributed by atoms with Crippen LogP contribution in [0.15, 0.2) is 47.5 Å². The predicted molar refractivity (Wildman–Crippen MR) is 110 cm³/mol. The molecule has 1 aromatic carbocycles. The van der Waals surface area contributed by atoms with E-state index in [-0.39, 0.29) is 11.5 Å². The summed E-state index contributed by atoms with van der Waals surface area (Å²) in [6, 6.07) is 8.93. The lowest BCUT2D eigenvalue weighted by atomic mass is 10.0. The van der Waals surface area contributed by atoms with Crippen molar-refractivity contribution in [2.75, 3.05) is 0 Å². The molecule has 29 heavy (non-hydrogen) atoms. The third-order valence-corrected chi connectivity index (χ3v) is 5.12. The standard InChI is InChI=1S/C21H22N6O2/c1-12-16(11-23-27(12)3)21(29)26-18(19-9-20(28)25-13(2)24-19)8-14-10-22-17-7-5-4-6-15(14)17/h4-7,9-11,18,22H,8H2,1-3H3,(H,26,29)(H,24,25,28)/t18-/m0/s1. The van der Waals surface area contributed by atoms with Gasteiger partial charge >= 0.3 is 0 Å². The highest BCUT2D eigenvalue weighted by molar-refractivity contribution is 5.95. The minimum Gasteiger partial charge on any atom is -0.361 e. The summed E-state index contributed by atoms with van der Waals surface area (Å²) in [5.41, 5.74) is 3.59.